The lowest BCUT2D eigenvalue weighted by Gasteiger charge is -2.02. The fraction of sp³-hybridized carbons (Fsp3) is 0.286. The highest BCUT2D eigenvalue weighted by Crippen LogP contribution is 2.19. The van der Waals surface area contributed by atoms with Gasteiger partial charge in [-0.05, 0) is 6.92 Å². The summed E-state index contributed by atoms with van der Waals surface area (Å²) in [6, 6.07) is 0. The molecule has 0 fully saturated rings. The number of carbonyl (C=O) groups excluding carboxylic acids is 1. The summed E-state index contributed by atoms with van der Waals surface area (Å²) in [6.07, 6.45) is -0.681. The second-order valence-corrected chi connectivity index (χ2v) is 3.04. The van der Waals surface area contributed by atoms with Gasteiger partial charge in [-0.3, -0.25) is 5.32 Å². The zero-order valence-corrected chi connectivity index (χ0v) is 8.13. The Balaban J connectivity index is 2.71. The van der Waals surface area contributed by atoms with Crippen molar-refractivity contribution in [3.05, 3.63) is 11.2 Å². The second kappa shape index (κ2) is 4.56. The highest BCUT2D eigenvalue weighted by atomic mass is 32.1. The van der Waals surface area contributed by atoms with Crippen LogP contribution in [0.3, 0.4) is 0 Å². The maximum atomic E-state index is 10.9. The van der Waals surface area contributed by atoms with Crippen molar-refractivity contribution in [2.45, 2.75) is 6.92 Å². The van der Waals surface area contributed by atoms with Gasteiger partial charge in [0.05, 0.1) is 12.1 Å². The first-order valence-corrected chi connectivity index (χ1v) is 4.63. The van der Waals surface area contributed by atoms with E-state index in [1.54, 1.807) is 6.92 Å². The quantitative estimate of drug-likeness (QED) is 0.797. The molecule has 0 aliphatic rings. The van der Waals surface area contributed by atoms with Gasteiger partial charge in [0.15, 0.2) is 5.69 Å². The molecule has 1 rings (SSSR count). The number of carboxylic acid groups (broad SMARTS) is 1. The Labute approximate surface area is 83.5 Å². The first-order valence-electron chi connectivity index (χ1n) is 3.75. The third-order valence-corrected chi connectivity index (χ3v) is 2.00. The van der Waals surface area contributed by atoms with E-state index < -0.39 is 12.1 Å². The zero-order valence-electron chi connectivity index (χ0n) is 7.31. The van der Waals surface area contributed by atoms with Crippen molar-refractivity contribution in [3.63, 3.8) is 0 Å². The van der Waals surface area contributed by atoms with Crippen LogP contribution >= 0.6 is 11.3 Å². The molecular formula is C7H8N2O4S. The van der Waals surface area contributed by atoms with Crippen LogP contribution in [0, 0.1) is 0 Å². The van der Waals surface area contributed by atoms with Crippen LogP contribution in [0.25, 0.3) is 0 Å². The Morgan fingerprint density at radius 2 is 2.43 bits per heavy atom. The molecule has 0 aliphatic carbocycles. The SMILES string of the molecule is CCOC(=O)Nc1scnc1C(=O)O. The standard InChI is InChI=1S/C7H8N2O4S/c1-2-13-7(12)9-5-4(6(10)11)8-3-14-5/h3H,2H2,1H3,(H,9,12)(H,10,11). The predicted octanol–water partition coefficient (Wildman–Crippen LogP) is 1.41. The fourth-order valence-corrected chi connectivity index (χ4v) is 1.40. The van der Waals surface area contributed by atoms with E-state index in [-0.39, 0.29) is 17.3 Å². The smallest absolute Gasteiger partial charge is 0.412 e. The highest BCUT2D eigenvalue weighted by molar-refractivity contribution is 7.14. The van der Waals surface area contributed by atoms with Crippen molar-refractivity contribution >= 4 is 28.4 Å². The fourth-order valence-electron chi connectivity index (χ4n) is 0.747. The monoisotopic (exact) mass is 216 g/mol. The number of hydrogen-bond acceptors (Lipinski definition) is 5. The van der Waals surface area contributed by atoms with Crippen molar-refractivity contribution in [2.24, 2.45) is 0 Å². The summed E-state index contributed by atoms with van der Waals surface area (Å²) in [6.45, 7) is 1.89. The van der Waals surface area contributed by atoms with Crippen LogP contribution in [-0.2, 0) is 4.74 Å². The number of nitrogens with one attached hydrogen (secondary N) is 1. The van der Waals surface area contributed by atoms with Gasteiger partial charge in [-0.25, -0.2) is 14.6 Å². The summed E-state index contributed by atoms with van der Waals surface area (Å²) in [5, 5.41) is 11.1. The Kier molecular flexibility index (Phi) is 3.41. The van der Waals surface area contributed by atoms with E-state index in [1.807, 2.05) is 0 Å². The molecular weight excluding hydrogens is 208 g/mol. The number of hydrogen-bond donors (Lipinski definition) is 2. The number of amides is 1. The van der Waals surface area contributed by atoms with Crippen molar-refractivity contribution in [1.29, 1.82) is 0 Å². The van der Waals surface area contributed by atoms with Gasteiger partial charge < -0.3 is 9.84 Å². The molecule has 2 N–H and O–H groups in total. The van der Waals surface area contributed by atoms with Crippen molar-refractivity contribution in [1.82, 2.24) is 4.98 Å². The van der Waals surface area contributed by atoms with Gasteiger partial charge in [-0.2, -0.15) is 0 Å². The molecule has 14 heavy (non-hydrogen) atoms. The maximum absolute atomic E-state index is 10.9. The number of carboxylic acids is 1. The topological polar surface area (TPSA) is 88.5 Å². The number of nitrogens with zero attached hydrogens (tertiary/aromatic N) is 1. The van der Waals surface area contributed by atoms with Crippen LogP contribution in [-0.4, -0.2) is 28.8 Å². The Bertz CT molecular complexity index is 349. The minimum atomic E-state index is -1.18. The number of thiazole rings is 1. The molecule has 0 saturated heterocycles. The van der Waals surface area contributed by atoms with E-state index in [2.05, 4.69) is 15.0 Å². The van der Waals surface area contributed by atoms with Crippen LogP contribution in [0.5, 0.6) is 0 Å². The molecule has 0 aromatic carbocycles. The molecule has 6 nitrogen and oxygen atoms in total. The average molecular weight is 216 g/mol. The summed E-state index contributed by atoms with van der Waals surface area (Å²) in [4.78, 5) is 25.1. The molecule has 7 heteroatoms. The first kappa shape index (κ1) is 10.5. The van der Waals surface area contributed by atoms with E-state index in [0.717, 1.165) is 11.3 Å². The summed E-state index contributed by atoms with van der Waals surface area (Å²) in [5.74, 6) is -1.18. The summed E-state index contributed by atoms with van der Waals surface area (Å²) >= 11 is 1.03. The normalized spacial score (nSPS) is 9.50. The second-order valence-electron chi connectivity index (χ2n) is 2.18. The van der Waals surface area contributed by atoms with Crippen LogP contribution in [0.4, 0.5) is 9.80 Å². The number of ether oxygens (including phenoxy) is 1. The Morgan fingerprint density at radius 3 is 3.00 bits per heavy atom. The maximum Gasteiger partial charge on any atom is 0.412 e. The number of aromatic nitrogens is 1. The lowest BCUT2D eigenvalue weighted by atomic mass is 10.5. The van der Waals surface area contributed by atoms with Gasteiger partial charge in [-0.15, -0.1) is 11.3 Å². The summed E-state index contributed by atoms with van der Waals surface area (Å²) < 4.78 is 4.59. The van der Waals surface area contributed by atoms with Crippen LogP contribution in [0.2, 0.25) is 0 Å². The van der Waals surface area contributed by atoms with E-state index >= 15 is 0 Å². The number of carbonyl (C=O) groups is 2. The Morgan fingerprint density at radius 1 is 1.71 bits per heavy atom. The largest absolute Gasteiger partial charge is 0.476 e. The van der Waals surface area contributed by atoms with E-state index in [9.17, 15) is 9.59 Å². The Hall–Kier alpha value is -1.63. The molecule has 0 unspecified atom stereocenters. The van der Waals surface area contributed by atoms with E-state index in [4.69, 9.17) is 5.11 Å². The molecule has 0 bridgehead atoms. The van der Waals surface area contributed by atoms with Gasteiger partial charge >= 0.3 is 12.1 Å². The minimum absolute atomic E-state index is 0.177. The number of rotatable bonds is 3. The minimum Gasteiger partial charge on any atom is -0.476 e. The van der Waals surface area contributed by atoms with E-state index in [0.29, 0.717) is 0 Å². The van der Waals surface area contributed by atoms with Gasteiger partial charge in [0, 0.05) is 0 Å². The molecule has 0 spiro atoms. The molecule has 1 heterocycles. The van der Waals surface area contributed by atoms with Crippen molar-refractivity contribution in [2.75, 3.05) is 11.9 Å². The molecule has 76 valence electrons. The predicted molar refractivity (Wildman–Crippen MR) is 49.7 cm³/mol. The summed E-state index contributed by atoms with van der Waals surface area (Å²) in [7, 11) is 0. The van der Waals surface area contributed by atoms with Crippen molar-refractivity contribution in [3.8, 4) is 0 Å². The third-order valence-electron chi connectivity index (χ3n) is 1.26. The zero-order chi connectivity index (χ0) is 10.6. The molecule has 0 atom stereocenters. The lowest BCUT2D eigenvalue weighted by Crippen LogP contribution is -2.14. The van der Waals surface area contributed by atoms with Gasteiger partial charge in [-0.1, -0.05) is 0 Å². The van der Waals surface area contributed by atoms with Crippen LogP contribution < -0.4 is 5.32 Å². The van der Waals surface area contributed by atoms with E-state index in [1.165, 1.54) is 5.51 Å². The number of aromatic carboxylic acids is 1. The molecule has 0 radical (unpaired) electrons. The molecule has 0 aliphatic heterocycles. The van der Waals surface area contributed by atoms with Crippen LogP contribution in [0.15, 0.2) is 5.51 Å². The van der Waals surface area contributed by atoms with Gasteiger partial charge in [0.25, 0.3) is 0 Å². The highest BCUT2D eigenvalue weighted by Gasteiger charge is 2.15. The average Bonchev–Trinajstić information content (AvgIpc) is 2.52. The van der Waals surface area contributed by atoms with Crippen molar-refractivity contribution < 1.29 is 19.4 Å². The first-order chi connectivity index (χ1) is 6.65. The van der Waals surface area contributed by atoms with Gasteiger partial charge in [0.1, 0.15) is 5.00 Å². The lowest BCUT2D eigenvalue weighted by molar-refractivity contribution is 0.0692. The number of anilines is 1. The van der Waals surface area contributed by atoms with Crippen LogP contribution in [0.1, 0.15) is 17.4 Å². The van der Waals surface area contributed by atoms with Gasteiger partial charge in [0.2, 0.25) is 0 Å². The molecule has 0 saturated carbocycles. The summed E-state index contributed by atoms with van der Waals surface area (Å²) in [5.41, 5.74) is 1.16. The molecule has 1 amide bonds. The molecule has 1 aromatic heterocycles. The molecule has 1 aromatic rings. The third kappa shape index (κ3) is 2.43.